The molecule has 0 bridgehead atoms. The smallest absolute Gasteiger partial charge is 0.263 e. The van der Waals surface area contributed by atoms with Gasteiger partial charge in [0, 0.05) is 13.1 Å². The average Bonchev–Trinajstić information content (AvgIpc) is 2.67. The quantitative estimate of drug-likeness (QED) is 0.714. The first-order chi connectivity index (χ1) is 7.27. The lowest BCUT2D eigenvalue weighted by Gasteiger charge is -2.01. The number of aromatic nitrogens is 1. The van der Waals surface area contributed by atoms with Gasteiger partial charge in [-0.15, -0.1) is 11.3 Å². The summed E-state index contributed by atoms with van der Waals surface area (Å²) in [5.41, 5.74) is 0. The fraction of sp³-hybridized carbons (Fsp3) is 0.600. The maximum absolute atomic E-state index is 11.6. The van der Waals surface area contributed by atoms with Crippen LogP contribution in [-0.4, -0.2) is 31.0 Å². The number of likely N-dealkylation sites (N-methyl/N-ethyl adjacent to an activating group) is 1. The Morgan fingerprint density at radius 1 is 1.53 bits per heavy atom. The summed E-state index contributed by atoms with van der Waals surface area (Å²) < 4.78 is 0. The Bertz CT molecular complexity index is 311. The van der Waals surface area contributed by atoms with Crippen LogP contribution in [0.15, 0.2) is 6.20 Å². The van der Waals surface area contributed by atoms with Crippen LogP contribution in [0.3, 0.4) is 0 Å². The minimum atomic E-state index is -0.0231. The molecule has 1 heterocycles. The van der Waals surface area contributed by atoms with Gasteiger partial charge >= 0.3 is 0 Å². The number of hydrogen-bond acceptors (Lipinski definition) is 4. The lowest BCUT2D eigenvalue weighted by molar-refractivity contribution is 0.0958. The number of rotatable bonds is 6. The summed E-state index contributed by atoms with van der Waals surface area (Å²) >= 11 is 1.48. The van der Waals surface area contributed by atoms with E-state index in [0.29, 0.717) is 11.4 Å². The van der Waals surface area contributed by atoms with Gasteiger partial charge in [-0.3, -0.25) is 4.79 Å². The maximum Gasteiger partial charge on any atom is 0.263 e. The molecule has 0 aromatic carbocycles. The van der Waals surface area contributed by atoms with Crippen LogP contribution in [0.25, 0.3) is 0 Å². The van der Waals surface area contributed by atoms with E-state index in [0.717, 1.165) is 24.4 Å². The summed E-state index contributed by atoms with van der Waals surface area (Å²) in [6.45, 7) is 3.54. The number of hydrogen-bond donors (Lipinski definition) is 2. The highest BCUT2D eigenvalue weighted by Crippen LogP contribution is 2.14. The van der Waals surface area contributed by atoms with Gasteiger partial charge in [0.2, 0.25) is 0 Å². The third-order valence-corrected chi connectivity index (χ3v) is 2.96. The summed E-state index contributed by atoms with van der Waals surface area (Å²) in [5.74, 6) is -0.0231. The van der Waals surface area contributed by atoms with Gasteiger partial charge in [0.05, 0.1) is 11.2 Å². The molecule has 0 fully saturated rings. The number of carbonyl (C=O) groups excluding carboxylic acids is 1. The number of carbonyl (C=O) groups is 1. The molecule has 84 valence electrons. The van der Waals surface area contributed by atoms with Crippen molar-refractivity contribution in [2.75, 3.05) is 20.1 Å². The SMILES string of the molecule is CCCc1ncc(C(=O)NCCNC)s1. The molecule has 0 aliphatic rings. The zero-order valence-electron chi connectivity index (χ0n) is 9.17. The van der Waals surface area contributed by atoms with E-state index in [-0.39, 0.29) is 5.91 Å². The van der Waals surface area contributed by atoms with E-state index in [1.54, 1.807) is 6.20 Å². The highest BCUT2D eigenvalue weighted by Gasteiger charge is 2.08. The normalized spacial score (nSPS) is 10.3. The third-order valence-electron chi connectivity index (χ3n) is 1.90. The lowest BCUT2D eigenvalue weighted by Crippen LogP contribution is -2.29. The van der Waals surface area contributed by atoms with Crippen LogP contribution < -0.4 is 10.6 Å². The molecule has 1 aromatic heterocycles. The van der Waals surface area contributed by atoms with E-state index in [2.05, 4.69) is 22.5 Å². The molecule has 15 heavy (non-hydrogen) atoms. The summed E-state index contributed by atoms with van der Waals surface area (Å²) in [6.07, 6.45) is 3.67. The largest absolute Gasteiger partial charge is 0.350 e. The average molecular weight is 227 g/mol. The Hall–Kier alpha value is -0.940. The van der Waals surface area contributed by atoms with Gasteiger partial charge in [-0.25, -0.2) is 4.98 Å². The zero-order valence-corrected chi connectivity index (χ0v) is 9.99. The van der Waals surface area contributed by atoms with Crippen LogP contribution in [-0.2, 0) is 6.42 Å². The van der Waals surface area contributed by atoms with Crippen LogP contribution in [0, 0.1) is 0 Å². The van der Waals surface area contributed by atoms with Crippen LogP contribution in [0.2, 0.25) is 0 Å². The molecule has 1 amide bonds. The Balaban J connectivity index is 2.43. The first kappa shape index (κ1) is 12.1. The summed E-state index contributed by atoms with van der Waals surface area (Å²) in [7, 11) is 1.86. The van der Waals surface area contributed by atoms with Crippen molar-refractivity contribution >= 4 is 17.2 Å². The maximum atomic E-state index is 11.6. The van der Waals surface area contributed by atoms with Crippen molar-refractivity contribution in [3.8, 4) is 0 Å². The van der Waals surface area contributed by atoms with Gasteiger partial charge in [0.1, 0.15) is 4.88 Å². The van der Waals surface area contributed by atoms with E-state index >= 15 is 0 Å². The first-order valence-corrected chi connectivity index (χ1v) is 5.97. The molecule has 1 rings (SSSR count). The van der Waals surface area contributed by atoms with Crippen molar-refractivity contribution in [2.45, 2.75) is 19.8 Å². The Morgan fingerprint density at radius 2 is 2.33 bits per heavy atom. The van der Waals surface area contributed by atoms with Crippen molar-refractivity contribution in [2.24, 2.45) is 0 Å². The van der Waals surface area contributed by atoms with E-state index < -0.39 is 0 Å². The van der Waals surface area contributed by atoms with Crippen LogP contribution >= 0.6 is 11.3 Å². The lowest BCUT2D eigenvalue weighted by atomic mass is 10.4. The fourth-order valence-corrected chi connectivity index (χ4v) is 2.07. The zero-order chi connectivity index (χ0) is 11.1. The molecule has 0 unspecified atom stereocenters. The second-order valence-electron chi connectivity index (χ2n) is 3.23. The molecular formula is C10H17N3OS. The van der Waals surface area contributed by atoms with Crippen LogP contribution in [0.5, 0.6) is 0 Å². The van der Waals surface area contributed by atoms with Crippen molar-refractivity contribution in [3.05, 3.63) is 16.1 Å². The van der Waals surface area contributed by atoms with Crippen LogP contribution in [0.1, 0.15) is 28.0 Å². The summed E-state index contributed by atoms with van der Waals surface area (Å²) in [4.78, 5) is 16.5. The summed E-state index contributed by atoms with van der Waals surface area (Å²) in [6, 6.07) is 0. The topological polar surface area (TPSA) is 54.0 Å². The molecular weight excluding hydrogens is 210 g/mol. The second-order valence-corrected chi connectivity index (χ2v) is 4.34. The van der Waals surface area contributed by atoms with E-state index in [1.165, 1.54) is 11.3 Å². The molecule has 1 aromatic rings. The molecule has 4 nitrogen and oxygen atoms in total. The highest BCUT2D eigenvalue weighted by molar-refractivity contribution is 7.13. The van der Waals surface area contributed by atoms with Gasteiger partial charge in [-0.2, -0.15) is 0 Å². The van der Waals surface area contributed by atoms with E-state index in [1.807, 2.05) is 7.05 Å². The van der Waals surface area contributed by atoms with Gasteiger partial charge < -0.3 is 10.6 Å². The number of thiazole rings is 1. The number of aryl methyl sites for hydroxylation is 1. The van der Waals surface area contributed by atoms with Crippen molar-refractivity contribution in [3.63, 3.8) is 0 Å². The Labute approximate surface area is 94.1 Å². The van der Waals surface area contributed by atoms with Crippen LogP contribution in [0.4, 0.5) is 0 Å². The van der Waals surface area contributed by atoms with Crippen molar-refractivity contribution in [1.29, 1.82) is 0 Å². The monoisotopic (exact) mass is 227 g/mol. The fourth-order valence-electron chi connectivity index (χ4n) is 1.13. The van der Waals surface area contributed by atoms with Gasteiger partial charge in [-0.1, -0.05) is 6.92 Å². The predicted octanol–water partition coefficient (Wildman–Crippen LogP) is 1.04. The molecule has 0 saturated carbocycles. The minimum absolute atomic E-state index is 0.0231. The number of amides is 1. The molecule has 5 heteroatoms. The van der Waals surface area contributed by atoms with E-state index in [4.69, 9.17) is 0 Å². The van der Waals surface area contributed by atoms with Gasteiger partial charge in [-0.05, 0) is 19.9 Å². The number of nitrogens with one attached hydrogen (secondary N) is 2. The molecule has 0 aliphatic carbocycles. The predicted molar refractivity (Wildman–Crippen MR) is 62.4 cm³/mol. The number of nitrogens with zero attached hydrogens (tertiary/aromatic N) is 1. The Morgan fingerprint density at radius 3 is 3.00 bits per heavy atom. The van der Waals surface area contributed by atoms with Crippen molar-refractivity contribution in [1.82, 2.24) is 15.6 Å². The highest BCUT2D eigenvalue weighted by atomic mass is 32.1. The second kappa shape index (κ2) is 6.53. The molecule has 0 radical (unpaired) electrons. The first-order valence-electron chi connectivity index (χ1n) is 5.15. The third kappa shape index (κ3) is 3.97. The minimum Gasteiger partial charge on any atom is -0.350 e. The van der Waals surface area contributed by atoms with Gasteiger partial charge in [0.15, 0.2) is 0 Å². The molecule has 0 saturated heterocycles. The molecule has 0 atom stereocenters. The standard InChI is InChI=1S/C10H17N3OS/c1-3-4-9-13-7-8(15-9)10(14)12-6-5-11-2/h7,11H,3-6H2,1-2H3,(H,12,14). The van der Waals surface area contributed by atoms with Crippen molar-refractivity contribution < 1.29 is 4.79 Å². The molecule has 0 spiro atoms. The van der Waals surface area contributed by atoms with E-state index in [9.17, 15) is 4.79 Å². The summed E-state index contributed by atoms with van der Waals surface area (Å²) in [5, 5.41) is 6.84. The molecule has 0 aliphatic heterocycles. The molecule has 2 N–H and O–H groups in total. The van der Waals surface area contributed by atoms with Gasteiger partial charge in [0.25, 0.3) is 5.91 Å². The Kier molecular flexibility index (Phi) is 5.28.